The summed E-state index contributed by atoms with van der Waals surface area (Å²) in [7, 11) is 1.52. The van der Waals surface area contributed by atoms with Gasteiger partial charge in [-0.2, -0.15) is 0 Å². The zero-order valence-electron chi connectivity index (χ0n) is 7.84. The van der Waals surface area contributed by atoms with E-state index in [9.17, 15) is 5.11 Å². The van der Waals surface area contributed by atoms with Gasteiger partial charge in [0.25, 0.3) is 0 Å². The van der Waals surface area contributed by atoms with E-state index in [2.05, 4.69) is 4.98 Å². The predicted octanol–water partition coefficient (Wildman–Crippen LogP) is 1.97. The monoisotopic (exact) mass is 201 g/mol. The predicted molar refractivity (Wildman–Crippen MR) is 51.0 cm³/mol. The molecule has 1 aromatic heterocycles. The average molecular weight is 202 g/mol. The Hall–Kier alpha value is -0.800. The molecule has 13 heavy (non-hydrogen) atoms. The second kappa shape index (κ2) is 3.52. The van der Waals surface area contributed by atoms with E-state index in [4.69, 9.17) is 16.3 Å². The molecule has 0 spiro atoms. The van der Waals surface area contributed by atoms with Gasteiger partial charge < -0.3 is 9.84 Å². The van der Waals surface area contributed by atoms with Gasteiger partial charge in [0.2, 0.25) is 0 Å². The maximum absolute atomic E-state index is 9.64. The third kappa shape index (κ3) is 2.32. The summed E-state index contributed by atoms with van der Waals surface area (Å²) in [6, 6.07) is 1.63. The summed E-state index contributed by atoms with van der Waals surface area (Å²) in [6.07, 6.45) is 1.47. The molecule has 0 aliphatic rings. The Labute approximate surface area is 82.3 Å². The molecule has 4 heteroatoms. The first-order valence-electron chi connectivity index (χ1n) is 3.87. The summed E-state index contributed by atoms with van der Waals surface area (Å²) in [6.45, 7) is 3.31. The molecule has 0 saturated carbocycles. The first-order valence-corrected chi connectivity index (χ1v) is 4.25. The number of nitrogens with zero attached hydrogens (tertiary/aromatic N) is 1. The fourth-order valence-corrected chi connectivity index (χ4v) is 1.09. The number of pyridine rings is 1. The van der Waals surface area contributed by atoms with Gasteiger partial charge in [0.1, 0.15) is 16.4 Å². The third-order valence-electron chi connectivity index (χ3n) is 1.67. The lowest BCUT2D eigenvalue weighted by atomic mass is 10.1. The van der Waals surface area contributed by atoms with Crippen LogP contribution in [0.2, 0.25) is 5.02 Å². The number of halogens is 1. The molecule has 1 N–H and O–H groups in total. The van der Waals surface area contributed by atoms with Crippen LogP contribution in [0.1, 0.15) is 19.5 Å². The first-order chi connectivity index (χ1) is 5.95. The molecule has 1 rings (SSSR count). The van der Waals surface area contributed by atoms with E-state index >= 15 is 0 Å². The minimum Gasteiger partial charge on any atom is -0.495 e. The largest absolute Gasteiger partial charge is 0.495 e. The van der Waals surface area contributed by atoms with Crippen molar-refractivity contribution in [3.63, 3.8) is 0 Å². The minimum atomic E-state index is -0.974. The number of hydrogen-bond donors (Lipinski definition) is 1. The van der Waals surface area contributed by atoms with Crippen molar-refractivity contribution < 1.29 is 9.84 Å². The maximum atomic E-state index is 9.64. The van der Waals surface area contributed by atoms with Crippen LogP contribution < -0.4 is 4.74 Å². The average Bonchev–Trinajstić information content (AvgIpc) is 2.03. The van der Waals surface area contributed by atoms with E-state index in [1.807, 2.05) is 0 Å². The molecule has 0 bridgehead atoms. The van der Waals surface area contributed by atoms with Crippen LogP contribution in [0.25, 0.3) is 0 Å². The third-order valence-corrected chi connectivity index (χ3v) is 1.95. The number of hydrogen-bond acceptors (Lipinski definition) is 3. The molecule has 1 heterocycles. The number of aromatic nitrogens is 1. The molecule has 0 amide bonds. The van der Waals surface area contributed by atoms with Gasteiger partial charge in [-0.1, -0.05) is 11.6 Å². The van der Waals surface area contributed by atoms with Crippen LogP contribution in [-0.2, 0) is 5.60 Å². The van der Waals surface area contributed by atoms with Crippen molar-refractivity contribution >= 4 is 11.6 Å². The topological polar surface area (TPSA) is 42.4 Å². The van der Waals surface area contributed by atoms with Crippen molar-refractivity contribution in [2.24, 2.45) is 0 Å². The van der Waals surface area contributed by atoms with E-state index in [1.54, 1.807) is 19.9 Å². The van der Waals surface area contributed by atoms with E-state index in [1.165, 1.54) is 13.3 Å². The molecular weight excluding hydrogens is 190 g/mol. The Morgan fingerprint density at radius 3 is 2.62 bits per heavy atom. The summed E-state index contributed by atoms with van der Waals surface area (Å²) >= 11 is 5.78. The molecule has 3 nitrogen and oxygen atoms in total. The Kier molecular flexibility index (Phi) is 2.78. The molecule has 0 unspecified atom stereocenters. The standard InChI is InChI=1S/C9H12ClNO2/c1-9(2,12)8-4-7(13-3)6(10)5-11-8/h4-5,12H,1-3H3. The lowest BCUT2D eigenvalue weighted by Gasteiger charge is -2.17. The molecule has 0 aromatic carbocycles. The fraction of sp³-hybridized carbons (Fsp3) is 0.444. The molecule has 0 radical (unpaired) electrons. The summed E-state index contributed by atoms with van der Waals surface area (Å²) in [4.78, 5) is 4.00. The highest BCUT2D eigenvalue weighted by Crippen LogP contribution is 2.27. The van der Waals surface area contributed by atoms with Crippen LogP contribution >= 0.6 is 11.6 Å². The summed E-state index contributed by atoms with van der Waals surface area (Å²) < 4.78 is 5.00. The van der Waals surface area contributed by atoms with E-state index < -0.39 is 5.60 Å². The fourth-order valence-electron chi connectivity index (χ4n) is 0.911. The molecule has 0 aliphatic heterocycles. The van der Waals surface area contributed by atoms with E-state index in [0.29, 0.717) is 16.5 Å². The molecular formula is C9H12ClNO2. The highest BCUT2D eigenvalue weighted by atomic mass is 35.5. The van der Waals surface area contributed by atoms with Crippen LogP contribution in [0.3, 0.4) is 0 Å². The Morgan fingerprint density at radius 1 is 1.54 bits per heavy atom. The van der Waals surface area contributed by atoms with Crippen molar-refractivity contribution in [2.75, 3.05) is 7.11 Å². The van der Waals surface area contributed by atoms with Gasteiger partial charge >= 0.3 is 0 Å². The van der Waals surface area contributed by atoms with E-state index in [-0.39, 0.29) is 0 Å². The molecule has 0 saturated heterocycles. The second-order valence-corrected chi connectivity index (χ2v) is 3.67. The zero-order valence-corrected chi connectivity index (χ0v) is 8.59. The van der Waals surface area contributed by atoms with Crippen molar-refractivity contribution in [3.8, 4) is 5.75 Å². The van der Waals surface area contributed by atoms with Gasteiger partial charge in [-0.3, -0.25) is 4.98 Å². The molecule has 72 valence electrons. The number of methoxy groups -OCH3 is 1. The highest BCUT2D eigenvalue weighted by molar-refractivity contribution is 6.31. The Bertz CT molecular complexity index is 307. The summed E-state index contributed by atoms with van der Waals surface area (Å²) in [5.41, 5.74) is -0.438. The van der Waals surface area contributed by atoms with E-state index in [0.717, 1.165) is 0 Å². The zero-order chi connectivity index (χ0) is 10.1. The van der Waals surface area contributed by atoms with Crippen LogP contribution in [0.15, 0.2) is 12.3 Å². The van der Waals surface area contributed by atoms with Gasteiger partial charge in [0, 0.05) is 12.3 Å². The number of aliphatic hydroxyl groups is 1. The first kappa shape index (κ1) is 10.3. The minimum absolute atomic E-state index is 0.440. The van der Waals surface area contributed by atoms with Crippen LogP contribution in [0.4, 0.5) is 0 Å². The quantitative estimate of drug-likeness (QED) is 0.796. The van der Waals surface area contributed by atoms with Crippen LogP contribution in [0.5, 0.6) is 5.75 Å². The molecule has 0 fully saturated rings. The number of rotatable bonds is 2. The van der Waals surface area contributed by atoms with Gasteiger partial charge in [0.05, 0.1) is 12.8 Å². The molecule has 1 aromatic rings. The van der Waals surface area contributed by atoms with Gasteiger partial charge in [-0.25, -0.2) is 0 Å². The van der Waals surface area contributed by atoms with Crippen LogP contribution in [-0.4, -0.2) is 17.2 Å². The lowest BCUT2D eigenvalue weighted by molar-refractivity contribution is 0.0735. The van der Waals surface area contributed by atoms with Crippen molar-refractivity contribution in [1.82, 2.24) is 4.98 Å². The van der Waals surface area contributed by atoms with Gasteiger partial charge in [-0.15, -0.1) is 0 Å². The summed E-state index contributed by atoms with van der Waals surface area (Å²) in [5.74, 6) is 0.522. The molecule has 0 aliphatic carbocycles. The Morgan fingerprint density at radius 2 is 2.15 bits per heavy atom. The molecule has 0 atom stereocenters. The lowest BCUT2D eigenvalue weighted by Crippen LogP contribution is -2.17. The maximum Gasteiger partial charge on any atom is 0.140 e. The normalized spacial score (nSPS) is 11.5. The van der Waals surface area contributed by atoms with Gasteiger partial charge in [0.15, 0.2) is 0 Å². The Balaban J connectivity index is 3.14. The number of ether oxygens (including phenoxy) is 1. The SMILES string of the molecule is COc1cc(C(C)(C)O)ncc1Cl. The van der Waals surface area contributed by atoms with Crippen molar-refractivity contribution in [2.45, 2.75) is 19.4 Å². The smallest absolute Gasteiger partial charge is 0.140 e. The van der Waals surface area contributed by atoms with Crippen molar-refractivity contribution in [3.05, 3.63) is 23.0 Å². The van der Waals surface area contributed by atoms with Crippen LogP contribution in [0, 0.1) is 0 Å². The van der Waals surface area contributed by atoms with Gasteiger partial charge in [-0.05, 0) is 13.8 Å². The summed E-state index contributed by atoms with van der Waals surface area (Å²) in [5, 5.41) is 10.1. The van der Waals surface area contributed by atoms with Crippen molar-refractivity contribution in [1.29, 1.82) is 0 Å². The highest BCUT2D eigenvalue weighted by Gasteiger charge is 2.19. The second-order valence-electron chi connectivity index (χ2n) is 3.26.